The Kier molecular flexibility index (Phi) is 6.85. The number of carbonyl (C=O) groups excluding carboxylic acids is 1. The van der Waals surface area contributed by atoms with Crippen LogP contribution in [0.5, 0.6) is 0 Å². The lowest BCUT2D eigenvalue weighted by atomic mass is 9.98. The van der Waals surface area contributed by atoms with Gasteiger partial charge in [-0.05, 0) is 38.5 Å². The molecule has 0 aromatic heterocycles. The molecule has 1 aliphatic heterocycles. The molecule has 3 nitrogen and oxygen atoms in total. The van der Waals surface area contributed by atoms with Crippen molar-refractivity contribution in [1.82, 2.24) is 4.90 Å². The van der Waals surface area contributed by atoms with Crippen LogP contribution in [0.3, 0.4) is 0 Å². The van der Waals surface area contributed by atoms with Crippen molar-refractivity contribution in [1.29, 1.82) is 0 Å². The van der Waals surface area contributed by atoms with Crippen molar-refractivity contribution in [3.05, 3.63) is 0 Å². The van der Waals surface area contributed by atoms with Crippen molar-refractivity contribution in [3.8, 4) is 0 Å². The highest BCUT2D eigenvalue weighted by molar-refractivity contribution is 5.78. The van der Waals surface area contributed by atoms with E-state index in [1.807, 2.05) is 0 Å². The Labute approximate surface area is 124 Å². The Bertz CT molecular complexity index is 285. The zero-order chi connectivity index (χ0) is 14.2. The van der Waals surface area contributed by atoms with Gasteiger partial charge in [0.1, 0.15) is 0 Å². The summed E-state index contributed by atoms with van der Waals surface area (Å²) in [6.07, 6.45) is 12.1. The molecule has 0 radical (unpaired) electrons. The van der Waals surface area contributed by atoms with E-state index in [4.69, 9.17) is 4.74 Å². The summed E-state index contributed by atoms with van der Waals surface area (Å²) < 4.78 is 5.87. The van der Waals surface area contributed by atoms with E-state index in [1.165, 1.54) is 25.7 Å². The fraction of sp³-hybridized carbons (Fsp3) is 0.941. The highest BCUT2D eigenvalue weighted by atomic mass is 16.5. The molecule has 0 bridgehead atoms. The molecule has 1 aliphatic carbocycles. The quantitative estimate of drug-likeness (QED) is 0.734. The van der Waals surface area contributed by atoms with E-state index in [9.17, 15) is 4.79 Å². The minimum atomic E-state index is 0.311. The molecule has 0 aromatic rings. The number of hydrogen-bond acceptors (Lipinski definition) is 2. The Balaban J connectivity index is 1.81. The van der Waals surface area contributed by atoms with Crippen LogP contribution in [0.4, 0.5) is 0 Å². The van der Waals surface area contributed by atoms with Gasteiger partial charge in [0.05, 0.1) is 6.10 Å². The van der Waals surface area contributed by atoms with Gasteiger partial charge in [0.25, 0.3) is 0 Å². The first-order chi connectivity index (χ1) is 9.81. The monoisotopic (exact) mass is 281 g/mol. The Morgan fingerprint density at radius 1 is 1.00 bits per heavy atom. The van der Waals surface area contributed by atoms with E-state index in [0.717, 1.165) is 58.2 Å². The van der Waals surface area contributed by atoms with E-state index in [1.54, 1.807) is 0 Å². The van der Waals surface area contributed by atoms with Gasteiger partial charge in [-0.15, -0.1) is 0 Å². The number of carbonyl (C=O) groups is 1. The number of likely N-dealkylation sites (tertiary alicyclic amines) is 1. The second-order valence-electron chi connectivity index (χ2n) is 6.44. The normalized spacial score (nSPS) is 26.1. The molecule has 116 valence electrons. The smallest absolute Gasteiger partial charge is 0.225 e. The van der Waals surface area contributed by atoms with Crippen LogP contribution in [0.15, 0.2) is 0 Å². The number of amides is 1. The Morgan fingerprint density at radius 2 is 1.75 bits per heavy atom. The summed E-state index contributed by atoms with van der Waals surface area (Å²) >= 11 is 0. The molecule has 2 aliphatic rings. The van der Waals surface area contributed by atoms with Gasteiger partial charge in [-0.1, -0.05) is 32.6 Å². The molecular formula is C17H31NO2. The van der Waals surface area contributed by atoms with Crippen LogP contribution in [0.1, 0.15) is 71.1 Å². The molecule has 1 atom stereocenters. The third kappa shape index (κ3) is 4.76. The lowest BCUT2D eigenvalue weighted by Gasteiger charge is -2.25. The van der Waals surface area contributed by atoms with Crippen molar-refractivity contribution in [2.45, 2.75) is 77.2 Å². The predicted molar refractivity (Wildman–Crippen MR) is 81.7 cm³/mol. The van der Waals surface area contributed by atoms with Gasteiger partial charge in [0, 0.05) is 25.6 Å². The average molecular weight is 281 g/mol. The summed E-state index contributed by atoms with van der Waals surface area (Å²) in [5, 5.41) is 0. The highest BCUT2D eigenvalue weighted by Gasteiger charge is 2.27. The third-order valence-electron chi connectivity index (χ3n) is 4.75. The first-order valence-electron chi connectivity index (χ1n) is 8.71. The lowest BCUT2D eigenvalue weighted by molar-refractivity contribution is -0.136. The molecule has 0 aromatic carbocycles. The summed E-state index contributed by atoms with van der Waals surface area (Å²) in [5.41, 5.74) is 0. The van der Waals surface area contributed by atoms with Crippen molar-refractivity contribution in [2.75, 3.05) is 19.7 Å². The molecule has 2 fully saturated rings. The molecule has 1 saturated carbocycles. The summed E-state index contributed by atoms with van der Waals surface area (Å²) in [6, 6.07) is 0. The van der Waals surface area contributed by atoms with Crippen LogP contribution < -0.4 is 0 Å². The lowest BCUT2D eigenvalue weighted by Crippen LogP contribution is -2.37. The van der Waals surface area contributed by atoms with E-state index >= 15 is 0 Å². The SMILES string of the molecule is CCCO[C@H]1CCCN(C(=O)C2CCCCCC2)CC1. The third-order valence-corrected chi connectivity index (χ3v) is 4.75. The molecule has 1 heterocycles. The van der Waals surface area contributed by atoms with Gasteiger partial charge < -0.3 is 9.64 Å². The maximum absolute atomic E-state index is 12.7. The molecular weight excluding hydrogens is 250 g/mol. The minimum Gasteiger partial charge on any atom is -0.378 e. The molecule has 20 heavy (non-hydrogen) atoms. The van der Waals surface area contributed by atoms with Gasteiger partial charge >= 0.3 is 0 Å². The topological polar surface area (TPSA) is 29.5 Å². The second-order valence-corrected chi connectivity index (χ2v) is 6.44. The van der Waals surface area contributed by atoms with E-state index in [2.05, 4.69) is 11.8 Å². The molecule has 0 unspecified atom stereocenters. The standard InChI is InChI=1S/C17H31NO2/c1-2-14-20-16-10-7-12-18(13-11-16)17(19)15-8-5-3-4-6-9-15/h15-16H,2-14H2,1H3/t16-/m0/s1. The van der Waals surface area contributed by atoms with Crippen LogP contribution in [0.25, 0.3) is 0 Å². The maximum atomic E-state index is 12.7. The number of rotatable bonds is 4. The maximum Gasteiger partial charge on any atom is 0.225 e. The van der Waals surface area contributed by atoms with Crippen molar-refractivity contribution in [2.24, 2.45) is 5.92 Å². The highest BCUT2D eigenvalue weighted by Crippen LogP contribution is 2.26. The van der Waals surface area contributed by atoms with Gasteiger partial charge in [-0.25, -0.2) is 0 Å². The summed E-state index contributed by atoms with van der Waals surface area (Å²) in [5.74, 6) is 0.744. The largest absolute Gasteiger partial charge is 0.378 e. The molecule has 2 rings (SSSR count). The zero-order valence-electron chi connectivity index (χ0n) is 13.1. The second kappa shape index (κ2) is 8.66. The van der Waals surface area contributed by atoms with Gasteiger partial charge in [0.2, 0.25) is 5.91 Å². The van der Waals surface area contributed by atoms with Crippen LogP contribution >= 0.6 is 0 Å². The summed E-state index contributed by atoms with van der Waals surface area (Å²) in [6.45, 7) is 4.87. The number of nitrogens with zero attached hydrogens (tertiary/aromatic N) is 1. The average Bonchev–Trinajstić information content (AvgIpc) is 2.87. The van der Waals surface area contributed by atoms with E-state index in [-0.39, 0.29) is 0 Å². The Morgan fingerprint density at radius 3 is 2.45 bits per heavy atom. The van der Waals surface area contributed by atoms with Crippen LogP contribution in [-0.4, -0.2) is 36.6 Å². The van der Waals surface area contributed by atoms with Crippen molar-refractivity contribution in [3.63, 3.8) is 0 Å². The summed E-state index contributed by atoms with van der Waals surface area (Å²) in [7, 11) is 0. The Hall–Kier alpha value is -0.570. The number of ether oxygens (including phenoxy) is 1. The van der Waals surface area contributed by atoms with Gasteiger partial charge in [-0.2, -0.15) is 0 Å². The predicted octanol–water partition coefficient (Wildman–Crippen LogP) is 3.76. The van der Waals surface area contributed by atoms with E-state index in [0.29, 0.717) is 17.9 Å². The minimum absolute atomic E-state index is 0.311. The first-order valence-corrected chi connectivity index (χ1v) is 8.71. The van der Waals surface area contributed by atoms with Crippen molar-refractivity contribution >= 4 is 5.91 Å². The fourth-order valence-electron chi connectivity index (χ4n) is 3.52. The molecule has 0 N–H and O–H groups in total. The first kappa shape index (κ1) is 15.8. The molecule has 3 heteroatoms. The van der Waals surface area contributed by atoms with E-state index < -0.39 is 0 Å². The molecule has 0 spiro atoms. The van der Waals surface area contributed by atoms with Crippen LogP contribution in [-0.2, 0) is 9.53 Å². The molecule has 1 saturated heterocycles. The zero-order valence-corrected chi connectivity index (χ0v) is 13.1. The van der Waals surface area contributed by atoms with Crippen LogP contribution in [0.2, 0.25) is 0 Å². The van der Waals surface area contributed by atoms with Gasteiger partial charge in [0.15, 0.2) is 0 Å². The molecule has 1 amide bonds. The van der Waals surface area contributed by atoms with Gasteiger partial charge in [-0.3, -0.25) is 4.79 Å². The fourth-order valence-corrected chi connectivity index (χ4v) is 3.52. The number of hydrogen-bond donors (Lipinski definition) is 0. The van der Waals surface area contributed by atoms with Crippen LogP contribution in [0, 0.1) is 5.92 Å². The van der Waals surface area contributed by atoms with Crippen molar-refractivity contribution < 1.29 is 9.53 Å². The summed E-state index contributed by atoms with van der Waals surface area (Å²) in [4.78, 5) is 14.8.